The Morgan fingerprint density at radius 3 is 2.86 bits per heavy atom. The molecule has 5 nitrogen and oxygen atoms in total. The number of para-hydroxylation sites is 1. The molecule has 2 rings (SSSR count). The SMILES string of the molecule is O=C(O)Cc1cccc2c(=O)[nH][nH]c12. The number of hydrogen-bond acceptors (Lipinski definition) is 2. The van der Waals surface area contributed by atoms with Crippen molar-refractivity contribution in [2.45, 2.75) is 6.42 Å². The molecule has 0 aliphatic carbocycles. The van der Waals surface area contributed by atoms with E-state index in [1.165, 1.54) is 0 Å². The summed E-state index contributed by atoms with van der Waals surface area (Å²) in [6.07, 6.45) is -0.0921. The molecule has 2 aromatic rings. The van der Waals surface area contributed by atoms with Gasteiger partial charge in [0.2, 0.25) is 0 Å². The van der Waals surface area contributed by atoms with Crippen LogP contribution in [0.25, 0.3) is 10.9 Å². The van der Waals surface area contributed by atoms with Gasteiger partial charge in [-0.05, 0) is 11.6 Å². The number of fused-ring (bicyclic) bond motifs is 1. The third-order valence-corrected chi connectivity index (χ3v) is 2.04. The summed E-state index contributed by atoms with van der Waals surface area (Å²) in [7, 11) is 0. The van der Waals surface area contributed by atoms with Crippen molar-refractivity contribution in [2.24, 2.45) is 0 Å². The Balaban J connectivity index is 2.65. The van der Waals surface area contributed by atoms with Gasteiger partial charge in [-0.25, -0.2) is 0 Å². The van der Waals surface area contributed by atoms with Gasteiger partial charge in [-0.2, -0.15) is 0 Å². The summed E-state index contributed by atoms with van der Waals surface area (Å²) in [5, 5.41) is 14.2. The zero-order valence-electron chi connectivity index (χ0n) is 7.20. The van der Waals surface area contributed by atoms with E-state index in [1.54, 1.807) is 18.2 Å². The molecule has 14 heavy (non-hydrogen) atoms. The molecule has 0 unspecified atom stereocenters. The standard InChI is InChI=1S/C9H8N2O3/c12-7(13)4-5-2-1-3-6-8(5)10-11-9(6)14/h1-3H,4H2,(H,12,13)(H2,10,11,14). The molecule has 1 heterocycles. The van der Waals surface area contributed by atoms with Crippen LogP contribution in [0.4, 0.5) is 0 Å². The maximum absolute atomic E-state index is 11.2. The van der Waals surface area contributed by atoms with E-state index in [9.17, 15) is 9.59 Å². The molecule has 1 aromatic heterocycles. The molecule has 5 heteroatoms. The number of rotatable bonds is 2. The molecular formula is C9H8N2O3. The Labute approximate surface area is 78.4 Å². The van der Waals surface area contributed by atoms with E-state index in [4.69, 9.17) is 5.11 Å². The maximum Gasteiger partial charge on any atom is 0.307 e. The molecule has 0 aliphatic heterocycles. The molecule has 0 amide bonds. The number of H-pyrrole nitrogens is 2. The summed E-state index contributed by atoms with van der Waals surface area (Å²) >= 11 is 0. The number of nitrogens with one attached hydrogen (secondary N) is 2. The van der Waals surface area contributed by atoms with Crippen molar-refractivity contribution in [3.63, 3.8) is 0 Å². The van der Waals surface area contributed by atoms with Gasteiger partial charge in [-0.15, -0.1) is 0 Å². The van der Waals surface area contributed by atoms with E-state index in [-0.39, 0.29) is 12.0 Å². The van der Waals surface area contributed by atoms with Crippen LogP contribution < -0.4 is 5.56 Å². The van der Waals surface area contributed by atoms with Gasteiger partial charge < -0.3 is 5.11 Å². The van der Waals surface area contributed by atoms with Crippen molar-refractivity contribution in [1.82, 2.24) is 10.2 Å². The Morgan fingerprint density at radius 2 is 2.14 bits per heavy atom. The third-order valence-electron chi connectivity index (χ3n) is 2.04. The fraction of sp³-hybridized carbons (Fsp3) is 0.111. The summed E-state index contributed by atoms with van der Waals surface area (Å²) in [5.74, 6) is -0.917. The van der Waals surface area contributed by atoms with Gasteiger partial charge >= 0.3 is 5.97 Å². The second-order valence-electron chi connectivity index (χ2n) is 2.99. The molecule has 72 valence electrons. The lowest BCUT2D eigenvalue weighted by Gasteiger charge is -1.97. The molecular weight excluding hydrogens is 184 g/mol. The van der Waals surface area contributed by atoms with Crippen molar-refractivity contribution in [1.29, 1.82) is 0 Å². The highest BCUT2D eigenvalue weighted by Gasteiger charge is 2.08. The minimum Gasteiger partial charge on any atom is -0.481 e. The average Bonchev–Trinajstić information content (AvgIpc) is 2.49. The number of aromatic amines is 2. The number of carboxylic acids is 1. The topological polar surface area (TPSA) is 85.9 Å². The summed E-state index contributed by atoms with van der Waals surface area (Å²) in [6, 6.07) is 5.00. The molecule has 0 saturated heterocycles. The Hall–Kier alpha value is -2.04. The van der Waals surface area contributed by atoms with Crippen LogP contribution in [-0.4, -0.2) is 21.3 Å². The zero-order chi connectivity index (χ0) is 10.1. The van der Waals surface area contributed by atoms with Gasteiger partial charge in [-0.3, -0.25) is 19.8 Å². The normalized spacial score (nSPS) is 10.6. The lowest BCUT2D eigenvalue weighted by Crippen LogP contribution is -2.01. The molecule has 0 radical (unpaired) electrons. The zero-order valence-corrected chi connectivity index (χ0v) is 7.20. The minimum absolute atomic E-state index is 0.0921. The molecule has 3 N–H and O–H groups in total. The lowest BCUT2D eigenvalue weighted by molar-refractivity contribution is -0.136. The first-order valence-electron chi connectivity index (χ1n) is 4.08. The minimum atomic E-state index is -0.917. The summed E-state index contributed by atoms with van der Waals surface area (Å²) in [5.41, 5.74) is 0.945. The fourth-order valence-corrected chi connectivity index (χ4v) is 1.43. The monoisotopic (exact) mass is 192 g/mol. The predicted molar refractivity (Wildman–Crippen MR) is 50.3 cm³/mol. The van der Waals surface area contributed by atoms with Crippen LogP contribution in [0, 0.1) is 0 Å². The smallest absolute Gasteiger partial charge is 0.307 e. The second kappa shape index (κ2) is 3.02. The molecule has 1 aromatic carbocycles. The van der Waals surface area contributed by atoms with E-state index in [2.05, 4.69) is 10.2 Å². The van der Waals surface area contributed by atoms with Crippen LogP contribution in [0.3, 0.4) is 0 Å². The lowest BCUT2D eigenvalue weighted by atomic mass is 10.1. The van der Waals surface area contributed by atoms with Gasteiger partial charge in [-0.1, -0.05) is 12.1 Å². The van der Waals surface area contributed by atoms with E-state index < -0.39 is 5.97 Å². The van der Waals surface area contributed by atoms with Gasteiger partial charge in [0.25, 0.3) is 5.56 Å². The number of hydrogen-bond donors (Lipinski definition) is 3. The number of benzene rings is 1. The first-order chi connectivity index (χ1) is 6.68. The molecule has 0 aliphatic rings. The van der Waals surface area contributed by atoms with Crippen molar-refractivity contribution in [3.8, 4) is 0 Å². The third kappa shape index (κ3) is 1.28. The Morgan fingerprint density at radius 1 is 1.36 bits per heavy atom. The molecule has 0 saturated carbocycles. The van der Waals surface area contributed by atoms with Crippen LogP contribution in [0.1, 0.15) is 5.56 Å². The van der Waals surface area contributed by atoms with Crippen LogP contribution >= 0.6 is 0 Å². The number of aromatic nitrogens is 2. The molecule has 0 bridgehead atoms. The molecule has 0 fully saturated rings. The van der Waals surface area contributed by atoms with Gasteiger partial charge in [0, 0.05) is 0 Å². The first kappa shape index (κ1) is 8.55. The van der Waals surface area contributed by atoms with Crippen LogP contribution in [0.5, 0.6) is 0 Å². The van der Waals surface area contributed by atoms with E-state index in [0.29, 0.717) is 16.5 Å². The van der Waals surface area contributed by atoms with E-state index in [0.717, 1.165) is 0 Å². The van der Waals surface area contributed by atoms with Gasteiger partial charge in [0.1, 0.15) is 0 Å². The predicted octanol–water partition coefficient (Wildman–Crippen LogP) is 0.483. The summed E-state index contributed by atoms with van der Waals surface area (Å²) in [6.45, 7) is 0. The Bertz CT molecular complexity index is 538. The Kier molecular flexibility index (Phi) is 1.85. The summed E-state index contributed by atoms with van der Waals surface area (Å²) in [4.78, 5) is 21.7. The first-order valence-corrected chi connectivity index (χ1v) is 4.08. The maximum atomic E-state index is 11.2. The summed E-state index contributed by atoms with van der Waals surface area (Å²) < 4.78 is 0. The molecule has 0 atom stereocenters. The quantitative estimate of drug-likeness (QED) is 0.647. The fourth-order valence-electron chi connectivity index (χ4n) is 1.43. The van der Waals surface area contributed by atoms with E-state index in [1.807, 2.05) is 0 Å². The van der Waals surface area contributed by atoms with Crippen molar-refractivity contribution < 1.29 is 9.90 Å². The van der Waals surface area contributed by atoms with Crippen LogP contribution in [-0.2, 0) is 11.2 Å². The number of aliphatic carboxylic acids is 1. The van der Waals surface area contributed by atoms with Gasteiger partial charge in [0.15, 0.2) is 0 Å². The van der Waals surface area contributed by atoms with Crippen LogP contribution in [0.15, 0.2) is 23.0 Å². The average molecular weight is 192 g/mol. The molecule has 0 spiro atoms. The van der Waals surface area contributed by atoms with Gasteiger partial charge in [0.05, 0.1) is 17.3 Å². The highest BCUT2D eigenvalue weighted by molar-refractivity contribution is 5.84. The van der Waals surface area contributed by atoms with Crippen molar-refractivity contribution in [2.75, 3.05) is 0 Å². The number of carboxylic acid groups (broad SMARTS) is 1. The number of carbonyl (C=O) groups is 1. The van der Waals surface area contributed by atoms with Crippen molar-refractivity contribution >= 4 is 16.9 Å². The van der Waals surface area contributed by atoms with Crippen molar-refractivity contribution in [3.05, 3.63) is 34.1 Å². The largest absolute Gasteiger partial charge is 0.481 e. The highest BCUT2D eigenvalue weighted by Crippen LogP contribution is 2.12. The van der Waals surface area contributed by atoms with Crippen LogP contribution in [0.2, 0.25) is 0 Å². The van der Waals surface area contributed by atoms with E-state index >= 15 is 0 Å². The highest BCUT2D eigenvalue weighted by atomic mass is 16.4. The second-order valence-corrected chi connectivity index (χ2v) is 2.99.